The van der Waals surface area contributed by atoms with Crippen molar-refractivity contribution in [1.29, 1.82) is 0 Å². The standard InChI is InChI=1S/C27H22O6/c1-4-24(28)19-6-8-21(9-7-19)27(30)33-23-14-15-26(18(3)16-23)32-17-31-22-12-10-20(11-13-22)25(29)5-2/h4-16H,1-2,17H2,3H3. The van der Waals surface area contributed by atoms with Crippen molar-refractivity contribution in [3.63, 3.8) is 0 Å². The third-order valence-corrected chi connectivity index (χ3v) is 4.71. The van der Waals surface area contributed by atoms with Crippen LogP contribution in [0.25, 0.3) is 0 Å². The molecule has 3 rings (SSSR count). The van der Waals surface area contributed by atoms with Gasteiger partial charge in [0.2, 0.25) is 6.79 Å². The molecule has 0 saturated carbocycles. The van der Waals surface area contributed by atoms with Crippen LogP contribution in [0.3, 0.4) is 0 Å². The van der Waals surface area contributed by atoms with Gasteiger partial charge in [-0.05, 0) is 79.2 Å². The number of esters is 1. The van der Waals surface area contributed by atoms with E-state index in [4.69, 9.17) is 14.2 Å². The topological polar surface area (TPSA) is 78.9 Å². The molecule has 0 fully saturated rings. The van der Waals surface area contributed by atoms with Gasteiger partial charge in [0.1, 0.15) is 17.2 Å². The maximum atomic E-state index is 12.4. The summed E-state index contributed by atoms with van der Waals surface area (Å²) in [5.74, 6) is 0.570. The SMILES string of the molecule is C=CC(=O)c1ccc(OCOc2ccc(OC(=O)c3ccc(C(=O)C=C)cc3)cc2C)cc1. The summed E-state index contributed by atoms with van der Waals surface area (Å²) in [6.07, 6.45) is 2.47. The van der Waals surface area contributed by atoms with Crippen LogP contribution in [0.5, 0.6) is 17.2 Å². The van der Waals surface area contributed by atoms with Gasteiger partial charge in [-0.15, -0.1) is 0 Å². The highest BCUT2D eigenvalue weighted by molar-refractivity contribution is 6.05. The lowest BCUT2D eigenvalue weighted by Crippen LogP contribution is -2.10. The molecule has 3 aromatic carbocycles. The van der Waals surface area contributed by atoms with Gasteiger partial charge in [0.25, 0.3) is 0 Å². The highest BCUT2D eigenvalue weighted by atomic mass is 16.7. The lowest BCUT2D eigenvalue weighted by atomic mass is 10.1. The Labute approximate surface area is 191 Å². The van der Waals surface area contributed by atoms with E-state index < -0.39 is 5.97 Å². The summed E-state index contributed by atoms with van der Waals surface area (Å²) in [4.78, 5) is 35.5. The summed E-state index contributed by atoms with van der Waals surface area (Å²) in [7, 11) is 0. The number of ether oxygens (including phenoxy) is 3. The Morgan fingerprint density at radius 3 is 1.79 bits per heavy atom. The van der Waals surface area contributed by atoms with Crippen LogP contribution in [-0.2, 0) is 0 Å². The molecule has 0 amide bonds. The first-order valence-electron chi connectivity index (χ1n) is 10.0. The number of carbonyl (C=O) groups excluding carboxylic acids is 3. The zero-order valence-electron chi connectivity index (χ0n) is 18.1. The Bertz CT molecular complexity index is 1190. The van der Waals surface area contributed by atoms with Crippen molar-refractivity contribution >= 4 is 17.5 Å². The number of allylic oxidation sites excluding steroid dienone is 2. The first-order valence-corrected chi connectivity index (χ1v) is 10.0. The minimum absolute atomic E-state index is 0.0372. The first-order chi connectivity index (χ1) is 15.9. The van der Waals surface area contributed by atoms with E-state index in [2.05, 4.69) is 13.2 Å². The number of hydrogen-bond acceptors (Lipinski definition) is 6. The average Bonchev–Trinajstić information content (AvgIpc) is 2.84. The average molecular weight is 442 g/mol. The number of rotatable bonds is 10. The minimum atomic E-state index is -0.539. The van der Waals surface area contributed by atoms with Crippen LogP contribution in [0, 0.1) is 6.92 Å². The summed E-state index contributed by atoms with van der Waals surface area (Å²) >= 11 is 0. The predicted octanol–water partition coefficient (Wildman–Crippen LogP) is 5.37. The van der Waals surface area contributed by atoms with Crippen molar-refractivity contribution in [2.75, 3.05) is 6.79 Å². The Morgan fingerprint density at radius 2 is 1.24 bits per heavy atom. The van der Waals surface area contributed by atoms with Crippen LogP contribution in [0.2, 0.25) is 0 Å². The van der Waals surface area contributed by atoms with Crippen molar-refractivity contribution in [1.82, 2.24) is 0 Å². The minimum Gasteiger partial charge on any atom is -0.458 e. The summed E-state index contributed by atoms with van der Waals surface area (Å²) in [6.45, 7) is 8.68. The van der Waals surface area contributed by atoms with Gasteiger partial charge in [-0.25, -0.2) is 4.79 Å². The fourth-order valence-corrected chi connectivity index (χ4v) is 2.90. The molecule has 6 nitrogen and oxygen atoms in total. The summed E-state index contributed by atoms with van der Waals surface area (Å²) in [5, 5.41) is 0. The molecule has 0 aliphatic heterocycles. The zero-order chi connectivity index (χ0) is 23.8. The second-order valence-electron chi connectivity index (χ2n) is 6.96. The molecule has 0 bridgehead atoms. The van der Waals surface area contributed by atoms with Crippen LogP contribution in [0.1, 0.15) is 36.6 Å². The fraction of sp³-hybridized carbons (Fsp3) is 0.0741. The van der Waals surface area contributed by atoms with E-state index >= 15 is 0 Å². The maximum Gasteiger partial charge on any atom is 0.343 e. The number of benzene rings is 3. The van der Waals surface area contributed by atoms with Gasteiger partial charge in [-0.1, -0.05) is 25.3 Å². The third kappa shape index (κ3) is 6.04. The predicted molar refractivity (Wildman–Crippen MR) is 124 cm³/mol. The van der Waals surface area contributed by atoms with Gasteiger partial charge in [-0.2, -0.15) is 0 Å². The van der Waals surface area contributed by atoms with Crippen molar-refractivity contribution in [3.8, 4) is 17.2 Å². The molecule has 3 aromatic rings. The summed E-state index contributed by atoms with van der Waals surface area (Å²) in [5.41, 5.74) is 2.05. The van der Waals surface area contributed by atoms with Crippen molar-refractivity contribution in [2.45, 2.75) is 6.92 Å². The molecular weight excluding hydrogens is 420 g/mol. The van der Waals surface area contributed by atoms with Gasteiger partial charge in [0.05, 0.1) is 5.56 Å². The van der Waals surface area contributed by atoms with Crippen LogP contribution < -0.4 is 14.2 Å². The molecule has 0 saturated heterocycles. The largest absolute Gasteiger partial charge is 0.458 e. The molecule has 0 radical (unpaired) electrons. The number of carbonyl (C=O) groups is 3. The highest BCUT2D eigenvalue weighted by Crippen LogP contribution is 2.24. The van der Waals surface area contributed by atoms with Crippen LogP contribution in [-0.4, -0.2) is 24.3 Å². The van der Waals surface area contributed by atoms with Crippen LogP contribution in [0.4, 0.5) is 0 Å². The Balaban J connectivity index is 1.55. The summed E-state index contributed by atoms with van der Waals surface area (Å²) in [6, 6.07) is 17.8. The van der Waals surface area contributed by atoms with E-state index in [0.29, 0.717) is 33.9 Å². The molecule has 0 unspecified atom stereocenters. The second-order valence-corrected chi connectivity index (χ2v) is 6.96. The molecule has 0 spiro atoms. The number of hydrogen-bond donors (Lipinski definition) is 0. The highest BCUT2D eigenvalue weighted by Gasteiger charge is 2.11. The Kier molecular flexibility index (Phi) is 7.55. The van der Waals surface area contributed by atoms with Gasteiger partial charge in [0.15, 0.2) is 11.6 Å². The molecule has 6 heteroatoms. The fourth-order valence-electron chi connectivity index (χ4n) is 2.90. The molecule has 0 aromatic heterocycles. The van der Waals surface area contributed by atoms with Gasteiger partial charge in [0, 0.05) is 11.1 Å². The number of ketones is 2. The second kappa shape index (κ2) is 10.7. The molecular formula is C27H22O6. The van der Waals surface area contributed by atoms with E-state index in [1.807, 2.05) is 6.92 Å². The summed E-state index contributed by atoms with van der Waals surface area (Å²) < 4.78 is 16.6. The molecule has 0 heterocycles. The molecule has 0 aliphatic rings. The third-order valence-electron chi connectivity index (χ3n) is 4.71. The van der Waals surface area contributed by atoms with Gasteiger partial charge >= 0.3 is 5.97 Å². The molecule has 0 aliphatic carbocycles. The van der Waals surface area contributed by atoms with E-state index in [9.17, 15) is 14.4 Å². The van der Waals surface area contributed by atoms with E-state index in [1.165, 1.54) is 24.3 Å². The Morgan fingerprint density at radius 1 is 0.727 bits per heavy atom. The van der Waals surface area contributed by atoms with E-state index in [1.54, 1.807) is 54.6 Å². The van der Waals surface area contributed by atoms with Crippen molar-refractivity contribution < 1.29 is 28.6 Å². The van der Waals surface area contributed by atoms with Gasteiger partial charge in [-0.3, -0.25) is 9.59 Å². The monoisotopic (exact) mass is 442 g/mol. The molecule has 33 heavy (non-hydrogen) atoms. The van der Waals surface area contributed by atoms with Crippen LogP contribution >= 0.6 is 0 Å². The lowest BCUT2D eigenvalue weighted by Gasteiger charge is -2.12. The van der Waals surface area contributed by atoms with Crippen molar-refractivity contribution in [3.05, 3.63) is 114 Å². The quantitative estimate of drug-likeness (QED) is 0.138. The number of aryl methyl sites for hydroxylation is 1. The molecule has 0 atom stereocenters. The first kappa shape index (κ1) is 23.2. The molecule has 0 N–H and O–H groups in total. The molecule has 166 valence electrons. The zero-order valence-corrected chi connectivity index (χ0v) is 18.1. The maximum absolute atomic E-state index is 12.4. The van der Waals surface area contributed by atoms with E-state index in [-0.39, 0.29) is 18.4 Å². The smallest absolute Gasteiger partial charge is 0.343 e. The van der Waals surface area contributed by atoms with Crippen LogP contribution in [0.15, 0.2) is 92.0 Å². The lowest BCUT2D eigenvalue weighted by molar-refractivity contribution is 0.0733. The Hall–Kier alpha value is -4.45. The van der Waals surface area contributed by atoms with Gasteiger partial charge < -0.3 is 14.2 Å². The van der Waals surface area contributed by atoms with Crippen molar-refractivity contribution in [2.24, 2.45) is 0 Å². The normalized spacial score (nSPS) is 10.1. The van der Waals surface area contributed by atoms with E-state index in [0.717, 1.165) is 5.56 Å².